The van der Waals surface area contributed by atoms with Crippen molar-refractivity contribution in [3.63, 3.8) is 0 Å². The van der Waals surface area contributed by atoms with Crippen LogP contribution in [0.4, 0.5) is 5.69 Å². The first-order chi connectivity index (χ1) is 15.1. The van der Waals surface area contributed by atoms with Gasteiger partial charge in [0, 0.05) is 25.3 Å². The number of nitrogens with one attached hydrogen (secondary N) is 1. The van der Waals surface area contributed by atoms with Crippen LogP contribution < -0.4 is 5.32 Å². The monoisotopic (exact) mass is 424 g/mol. The summed E-state index contributed by atoms with van der Waals surface area (Å²) in [5.74, 6) is -0.665. The second-order valence-corrected chi connectivity index (χ2v) is 7.77. The molecule has 0 unspecified atom stereocenters. The number of benzene rings is 2. The van der Waals surface area contributed by atoms with Gasteiger partial charge in [-0.25, -0.2) is 9.59 Å². The van der Waals surface area contributed by atoms with Gasteiger partial charge in [-0.2, -0.15) is 0 Å². The van der Waals surface area contributed by atoms with E-state index in [1.54, 1.807) is 19.1 Å². The van der Waals surface area contributed by atoms with Crippen molar-refractivity contribution in [2.75, 3.05) is 38.2 Å². The Balaban J connectivity index is 1.72. The van der Waals surface area contributed by atoms with E-state index in [0.717, 1.165) is 26.1 Å². The molecule has 1 fully saturated rings. The van der Waals surface area contributed by atoms with E-state index in [0.29, 0.717) is 37.3 Å². The number of ether oxygens (including phenoxy) is 2. The second-order valence-electron chi connectivity index (χ2n) is 7.77. The number of anilines is 1. The molecule has 1 heterocycles. The van der Waals surface area contributed by atoms with Crippen LogP contribution in [0, 0.1) is 0 Å². The van der Waals surface area contributed by atoms with E-state index in [9.17, 15) is 9.59 Å². The predicted molar refractivity (Wildman–Crippen MR) is 121 cm³/mol. The Labute approximate surface area is 184 Å². The van der Waals surface area contributed by atoms with Crippen LogP contribution in [0.2, 0.25) is 0 Å². The molecule has 31 heavy (non-hydrogen) atoms. The van der Waals surface area contributed by atoms with E-state index >= 15 is 0 Å². The Hall–Kier alpha value is -2.86. The average molecular weight is 425 g/mol. The Morgan fingerprint density at radius 1 is 0.935 bits per heavy atom. The van der Waals surface area contributed by atoms with Crippen LogP contribution in [0.15, 0.2) is 54.6 Å². The largest absolute Gasteiger partial charge is 0.464 e. The molecule has 1 aliphatic rings. The zero-order valence-electron chi connectivity index (χ0n) is 18.4. The lowest BCUT2D eigenvalue weighted by Gasteiger charge is -2.41. The van der Waals surface area contributed by atoms with Crippen molar-refractivity contribution < 1.29 is 19.1 Å². The molecular formula is C25H32N2O4. The summed E-state index contributed by atoms with van der Waals surface area (Å²) in [5.41, 5.74) is 1.49. The summed E-state index contributed by atoms with van der Waals surface area (Å²) in [6, 6.07) is 17.6. The molecule has 6 nitrogen and oxygen atoms in total. The lowest BCUT2D eigenvalue weighted by atomic mass is 9.86. The Kier molecular flexibility index (Phi) is 8.06. The summed E-state index contributed by atoms with van der Waals surface area (Å²) < 4.78 is 10.6. The quantitative estimate of drug-likeness (QED) is 0.616. The van der Waals surface area contributed by atoms with E-state index in [-0.39, 0.29) is 5.97 Å². The van der Waals surface area contributed by atoms with Gasteiger partial charge in [-0.05, 0) is 50.8 Å². The van der Waals surface area contributed by atoms with Gasteiger partial charge in [0.25, 0.3) is 0 Å². The van der Waals surface area contributed by atoms with Gasteiger partial charge in [0.15, 0.2) is 0 Å². The van der Waals surface area contributed by atoms with Gasteiger partial charge in [0.05, 0.1) is 18.8 Å². The second kappa shape index (κ2) is 11.0. The van der Waals surface area contributed by atoms with Gasteiger partial charge < -0.3 is 19.7 Å². The van der Waals surface area contributed by atoms with Gasteiger partial charge in [-0.15, -0.1) is 0 Å². The van der Waals surface area contributed by atoms with Crippen molar-refractivity contribution in [3.05, 3.63) is 65.7 Å². The van der Waals surface area contributed by atoms with Crippen molar-refractivity contribution in [1.29, 1.82) is 0 Å². The van der Waals surface area contributed by atoms with E-state index in [1.165, 1.54) is 5.56 Å². The van der Waals surface area contributed by atoms with Crippen LogP contribution in [-0.4, -0.2) is 55.2 Å². The zero-order chi connectivity index (χ0) is 22.1. The highest BCUT2D eigenvalue weighted by molar-refractivity contribution is 5.97. The highest BCUT2D eigenvalue weighted by Crippen LogP contribution is 2.30. The Morgan fingerprint density at radius 3 is 2.26 bits per heavy atom. The molecule has 3 rings (SSSR count). The van der Waals surface area contributed by atoms with Crippen LogP contribution in [-0.2, 0) is 20.7 Å². The molecule has 0 aliphatic carbocycles. The standard InChI is InChI=1S/C25H32N2O4/c1-3-30-23(28)21-12-8-9-13-22(21)26-25(24(29)31-4-2)15-18-27(19-16-25)17-14-20-10-6-5-7-11-20/h5-13,26H,3-4,14-19H2,1-2H3. The van der Waals surface area contributed by atoms with Crippen LogP contribution in [0.25, 0.3) is 0 Å². The molecule has 1 aliphatic heterocycles. The van der Waals surface area contributed by atoms with Gasteiger partial charge in [0.2, 0.25) is 0 Å². The fraction of sp³-hybridized carbons (Fsp3) is 0.440. The van der Waals surface area contributed by atoms with E-state index in [2.05, 4.69) is 34.5 Å². The van der Waals surface area contributed by atoms with Crippen LogP contribution in [0.5, 0.6) is 0 Å². The fourth-order valence-corrected chi connectivity index (χ4v) is 3.98. The van der Waals surface area contributed by atoms with Crippen LogP contribution >= 0.6 is 0 Å². The molecule has 6 heteroatoms. The van der Waals surface area contributed by atoms with E-state index in [1.807, 2.05) is 25.1 Å². The summed E-state index contributed by atoms with van der Waals surface area (Å²) >= 11 is 0. The molecule has 0 saturated carbocycles. The molecule has 0 bridgehead atoms. The zero-order valence-corrected chi connectivity index (χ0v) is 18.4. The molecule has 0 aromatic heterocycles. The highest BCUT2D eigenvalue weighted by atomic mass is 16.5. The first-order valence-electron chi connectivity index (χ1n) is 11.1. The summed E-state index contributed by atoms with van der Waals surface area (Å²) in [7, 11) is 0. The number of rotatable bonds is 9. The first kappa shape index (κ1) is 22.8. The number of nitrogens with zero attached hydrogens (tertiary/aromatic N) is 1. The van der Waals surface area contributed by atoms with Crippen molar-refractivity contribution in [2.24, 2.45) is 0 Å². The molecule has 0 atom stereocenters. The predicted octanol–water partition coefficient (Wildman–Crippen LogP) is 3.92. The number of esters is 2. The fourth-order valence-electron chi connectivity index (χ4n) is 3.98. The maximum atomic E-state index is 13.0. The maximum absolute atomic E-state index is 13.0. The average Bonchev–Trinajstić information content (AvgIpc) is 2.80. The molecule has 2 aromatic carbocycles. The Morgan fingerprint density at radius 2 is 1.58 bits per heavy atom. The van der Waals surface area contributed by atoms with Crippen molar-refractivity contribution in [2.45, 2.75) is 38.6 Å². The third-order valence-corrected chi connectivity index (χ3v) is 5.73. The minimum absolute atomic E-state index is 0.267. The van der Waals surface area contributed by atoms with Gasteiger partial charge in [0.1, 0.15) is 5.54 Å². The number of piperidine rings is 1. The molecule has 0 amide bonds. The lowest BCUT2D eigenvalue weighted by molar-refractivity contribution is -0.150. The summed E-state index contributed by atoms with van der Waals surface area (Å²) in [4.78, 5) is 27.8. The normalized spacial score (nSPS) is 15.8. The first-order valence-corrected chi connectivity index (χ1v) is 11.1. The molecule has 1 N–H and O–H groups in total. The highest BCUT2D eigenvalue weighted by Gasteiger charge is 2.43. The van der Waals surface area contributed by atoms with Crippen molar-refractivity contribution in [3.8, 4) is 0 Å². The van der Waals surface area contributed by atoms with E-state index < -0.39 is 11.5 Å². The smallest absolute Gasteiger partial charge is 0.340 e. The molecular weight excluding hydrogens is 392 g/mol. The minimum atomic E-state index is -0.859. The number of hydrogen-bond donors (Lipinski definition) is 1. The minimum Gasteiger partial charge on any atom is -0.464 e. The van der Waals surface area contributed by atoms with Gasteiger partial charge in [-0.1, -0.05) is 42.5 Å². The third kappa shape index (κ3) is 5.85. The SMILES string of the molecule is CCOC(=O)c1ccccc1NC1(C(=O)OCC)CCN(CCc2ccccc2)CC1. The van der Waals surface area contributed by atoms with Crippen molar-refractivity contribution in [1.82, 2.24) is 4.90 Å². The van der Waals surface area contributed by atoms with Gasteiger partial charge >= 0.3 is 11.9 Å². The number of carbonyl (C=O) groups excluding carboxylic acids is 2. The molecule has 166 valence electrons. The molecule has 0 spiro atoms. The van der Waals surface area contributed by atoms with Crippen LogP contribution in [0.3, 0.4) is 0 Å². The summed E-state index contributed by atoms with van der Waals surface area (Å²) in [5, 5.41) is 3.38. The lowest BCUT2D eigenvalue weighted by Crippen LogP contribution is -2.55. The van der Waals surface area contributed by atoms with Crippen LogP contribution in [0.1, 0.15) is 42.6 Å². The summed E-state index contributed by atoms with van der Waals surface area (Å²) in [6.07, 6.45) is 2.20. The number of hydrogen-bond acceptors (Lipinski definition) is 6. The van der Waals surface area contributed by atoms with Crippen molar-refractivity contribution >= 4 is 17.6 Å². The van der Waals surface area contributed by atoms with E-state index in [4.69, 9.17) is 9.47 Å². The third-order valence-electron chi connectivity index (χ3n) is 5.73. The van der Waals surface area contributed by atoms with Gasteiger partial charge in [-0.3, -0.25) is 0 Å². The number of para-hydroxylation sites is 1. The topological polar surface area (TPSA) is 67.9 Å². The molecule has 0 radical (unpaired) electrons. The molecule has 1 saturated heterocycles. The Bertz CT molecular complexity index is 861. The summed E-state index contributed by atoms with van der Waals surface area (Å²) in [6.45, 7) is 6.71. The molecule has 2 aromatic rings. The number of likely N-dealkylation sites (tertiary alicyclic amines) is 1. The number of carbonyl (C=O) groups is 2. The maximum Gasteiger partial charge on any atom is 0.340 e.